The summed E-state index contributed by atoms with van der Waals surface area (Å²) in [6.45, 7) is 9.14. The van der Waals surface area contributed by atoms with Crippen LogP contribution in [0, 0.1) is 0 Å². The number of piperidine rings is 1. The summed E-state index contributed by atoms with van der Waals surface area (Å²) in [4.78, 5) is 0. The Balaban J connectivity index is 0.000000561. The predicted molar refractivity (Wildman–Crippen MR) is 59.3 cm³/mol. The highest BCUT2D eigenvalue weighted by atomic mass is 28.2. The summed E-state index contributed by atoms with van der Waals surface area (Å²) in [5, 5.41) is 8.27. The first-order valence-corrected chi connectivity index (χ1v) is 5.94. The van der Waals surface area contributed by atoms with E-state index >= 15 is 0 Å². The molecular formula is C9H24N2Si. The molecule has 0 unspecified atom stereocenters. The molecule has 12 heavy (non-hydrogen) atoms. The molecule has 3 heteroatoms. The lowest BCUT2D eigenvalue weighted by Crippen LogP contribution is -2.55. The smallest absolute Gasteiger partial charge is 0.0716 e. The zero-order chi connectivity index (χ0) is 9.83. The molecule has 1 aliphatic rings. The number of hydrogen-bond donors (Lipinski definition) is 2. The van der Waals surface area contributed by atoms with Gasteiger partial charge in [0.15, 0.2) is 0 Å². The molecule has 0 radical (unpaired) electrons. The summed E-state index contributed by atoms with van der Waals surface area (Å²) in [5.41, 5.74) is 0.726. The predicted octanol–water partition coefficient (Wildman–Crippen LogP) is 0.543. The van der Waals surface area contributed by atoms with E-state index in [9.17, 15) is 0 Å². The second-order valence-electron chi connectivity index (χ2n) is 4.75. The SMILES string of the molecule is CC1(C)CCCC(C)(C)N1.N[SiH3]. The average Bonchev–Trinajstić information content (AvgIpc) is 1.86. The highest BCUT2D eigenvalue weighted by Crippen LogP contribution is 2.27. The van der Waals surface area contributed by atoms with Crippen molar-refractivity contribution in [1.29, 1.82) is 0 Å². The summed E-state index contributed by atoms with van der Waals surface area (Å²) in [7, 11) is 0.806. The highest BCUT2D eigenvalue weighted by Gasteiger charge is 2.31. The first kappa shape index (κ1) is 12.1. The minimum Gasteiger partial charge on any atom is -0.358 e. The van der Waals surface area contributed by atoms with E-state index in [0.717, 1.165) is 10.4 Å². The summed E-state index contributed by atoms with van der Waals surface area (Å²) in [5.74, 6) is 0. The maximum Gasteiger partial charge on any atom is 0.0716 e. The molecule has 0 bridgehead atoms. The van der Waals surface area contributed by atoms with Crippen molar-refractivity contribution in [2.45, 2.75) is 58.0 Å². The fourth-order valence-electron chi connectivity index (χ4n) is 2.01. The quantitative estimate of drug-likeness (QED) is 0.545. The zero-order valence-corrected chi connectivity index (χ0v) is 11.2. The molecular weight excluding hydrogens is 164 g/mol. The van der Waals surface area contributed by atoms with Crippen LogP contribution in [0.2, 0.25) is 0 Å². The van der Waals surface area contributed by atoms with E-state index < -0.39 is 0 Å². The van der Waals surface area contributed by atoms with Crippen LogP contribution in [0.1, 0.15) is 47.0 Å². The molecule has 1 rings (SSSR count). The minimum absolute atomic E-state index is 0.363. The summed E-state index contributed by atoms with van der Waals surface area (Å²) < 4.78 is 0. The van der Waals surface area contributed by atoms with Gasteiger partial charge in [-0.15, -0.1) is 0 Å². The van der Waals surface area contributed by atoms with E-state index in [2.05, 4.69) is 38.4 Å². The van der Waals surface area contributed by atoms with Gasteiger partial charge in [-0.2, -0.15) is 0 Å². The van der Waals surface area contributed by atoms with E-state index in [4.69, 9.17) is 0 Å². The Morgan fingerprint density at radius 3 is 1.50 bits per heavy atom. The lowest BCUT2D eigenvalue weighted by molar-refractivity contribution is 0.183. The third-order valence-electron chi connectivity index (χ3n) is 2.28. The highest BCUT2D eigenvalue weighted by molar-refractivity contribution is 6.02. The molecule has 0 aromatic rings. The van der Waals surface area contributed by atoms with Crippen LogP contribution in [0.3, 0.4) is 0 Å². The second kappa shape index (κ2) is 4.39. The van der Waals surface area contributed by atoms with Crippen LogP contribution in [0.25, 0.3) is 0 Å². The Morgan fingerprint density at radius 2 is 1.33 bits per heavy atom. The molecule has 1 heterocycles. The van der Waals surface area contributed by atoms with Gasteiger partial charge in [-0.25, -0.2) is 0 Å². The Labute approximate surface area is 79.8 Å². The van der Waals surface area contributed by atoms with Gasteiger partial charge in [-0.3, -0.25) is 0 Å². The Kier molecular flexibility index (Phi) is 4.44. The van der Waals surface area contributed by atoms with Crippen LogP contribution in [-0.2, 0) is 0 Å². The van der Waals surface area contributed by atoms with Gasteiger partial charge in [0.05, 0.1) is 10.4 Å². The normalized spacial score (nSPS) is 25.8. The molecule has 0 saturated carbocycles. The topological polar surface area (TPSA) is 38.0 Å². The van der Waals surface area contributed by atoms with Gasteiger partial charge in [-0.1, -0.05) is 0 Å². The largest absolute Gasteiger partial charge is 0.358 e. The van der Waals surface area contributed by atoms with Gasteiger partial charge >= 0.3 is 0 Å². The van der Waals surface area contributed by atoms with Crippen molar-refractivity contribution in [2.24, 2.45) is 5.40 Å². The second-order valence-corrected chi connectivity index (χ2v) is 4.75. The van der Waals surface area contributed by atoms with E-state index in [1.807, 2.05) is 0 Å². The van der Waals surface area contributed by atoms with Crippen molar-refractivity contribution in [2.75, 3.05) is 0 Å². The van der Waals surface area contributed by atoms with Crippen molar-refractivity contribution < 1.29 is 0 Å². The van der Waals surface area contributed by atoms with Crippen molar-refractivity contribution in [3.63, 3.8) is 0 Å². The molecule has 0 spiro atoms. The maximum absolute atomic E-state index is 4.64. The van der Waals surface area contributed by atoms with Gasteiger partial charge in [0.2, 0.25) is 0 Å². The number of nitrogens with two attached hydrogens (primary N) is 1. The van der Waals surface area contributed by atoms with Crippen LogP contribution >= 0.6 is 0 Å². The maximum atomic E-state index is 4.64. The standard InChI is InChI=1S/C9H19N.H5NSi/c1-8(2)6-5-7-9(3,4)10-8;1-2/h10H,5-7H2,1-4H3;1H2,2H3. The van der Waals surface area contributed by atoms with Gasteiger partial charge in [0.25, 0.3) is 0 Å². The van der Waals surface area contributed by atoms with Crippen molar-refractivity contribution in [3.05, 3.63) is 0 Å². The molecule has 0 atom stereocenters. The first-order chi connectivity index (χ1) is 5.41. The van der Waals surface area contributed by atoms with Crippen LogP contribution in [-0.4, -0.2) is 21.5 Å². The summed E-state index contributed by atoms with van der Waals surface area (Å²) in [6.07, 6.45) is 4.00. The third kappa shape index (κ3) is 4.23. The molecule has 74 valence electrons. The van der Waals surface area contributed by atoms with Crippen LogP contribution in [0.4, 0.5) is 0 Å². The molecule has 1 saturated heterocycles. The van der Waals surface area contributed by atoms with Crippen molar-refractivity contribution in [3.8, 4) is 0 Å². The molecule has 1 fully saturated rings. The van der Waals surface area contributed by atoms with E-state index in [0.29, 0.717) is 11.1 Å². The van der Waals surface area contributed by atoms with Gasteiger partial charge in [-0.05, 0) is 47.0 Å². The van der Waals surface area contributed by atoms with Gasteiger partial charge in [0, 0.05) is 11.1 Å². The van der Waals surface area contributed by atoms with Crippen molar-refractivity contribution >= 4 is 10.4 Å². The molecule has 2 nitrogen and oxygen atoms in total. The van der Waals surface area contributed by atoms with Crippen LogP contribution in [0.15, 0.2) is 0 Å². The van der Waals surface area contributed by atoms with E-state index in [-0.39, 0.29) is 0 Å². The summed E-state index contributed by atoms with van der Waals surface area (Å²) >= 11 is 0. The lowest BCUT2D eigenvalue weighted by atomic mass is 9.83. The monoisotopic (exact) mass is 188 g/mol. The molecule has 0 aromatic heterocycles. The Bertz CT molecular complexity index is 118. The van der Waals surface area contributed by atoms with Crippen molar-refractivity contribution in [1.82, 2.24) is 5.32 Å². The lowest BCUT2D eigenvalue weighted by Gasteiger charge is -2.42. The van der Waals surface area contributed by atoms with Gasteiger partial charge < -0.3 is 10.7 Å². The Hall–Kier alpha value is 0.137. The molecule has 1 aliphatic heterocycles. The number of rotatable bonds is 0. The number of nitrogens with one attached hydrogen (secondary N) is 1. The summed E-state index contributed by atoms with van der Waals surface area (Å²) in [6, 6.07) is 0. The average molecular weight is 188 g/mol. The molecule has 0 aromatic carbocycles. The fraction of sp³-hybridized carbons (Fsp3) is 1.00. The zero-order valence-electron chi connectivity index (χ0n) is 9.20. The Morgan fingerprint density at radius 1 is 1.00 bits per heavy atom. The fourth-order valence-corrected chi connectivity index (χ4v) is 2.01. The van der Waals surface area contributed by atoms with E-state index in [1.54, 1.807) is 0 Å². The van der Waals surface area contributed by atoms with Crippen LogP contribution < -0.4 is 10.7 Å². The molecule has 0 aliphatic carbocycles. The van der Waals surface area contributed by atoms with E-state index in [1.165, 1.54) is 19.3 Å². The molecule has 0 amide bonds. The first-order valence-electron chi connectivity index (χ1n) is 4.78. The number of hydrogen-bond acceptors (Lipinski definition) is 2. The van der Waals surface area contributed by atoms with Crippen LogP contribution in [0.5, 0.6) is 0 Å². The minimum atomic E-state index is 0.363. The molecule has 3 N–H and O–H groups in total. The third-order valence-corrected chi connectivity index (χ3v) is 2.28. The van der Waals surface area contributed by atoms with Gasteiger partial charge in [0.1, 0.15) is 0 Å².